The molecule has 2 aliphatic rings. The van der Waals surface area contributed by atoms with Gasteiger partial charge in [-0.25, -0.2) is 0 Å². The summed E-state index contributed by atoms with van der Waals surface area (Å²) in [4.78, 5) is 27.1. The van der Waals surface area contributed by atoms with E-state index in [1.54, 1.807) is 0 Å². The van der Waals surface area contributed by atoms with Crippen LogP contribution >= 0.6 is 0 Å². The Labute approximate surface area is 165 Å². The third-order valence-electron chi connectivity index (χ3n) is 5.87. The fraction of sp³-hybridized carbons (Fsp3) is 0.391. The van der Waals surface area contributed by atoms with Crippen LogP contribution in [0.4, 0.5) is 0 Å². The highest BCUT2D eigenvalue weighted by molar-refractivity contribution is 5.81. The fourth-order valence-electron chi connectivity index (χ4n) is 4.44. The molecule has 0 fully saturated rings. The Hall–Kier alpha value is -2.66. The molecule has 0 saturated carbocycles. The number of carbonyl (C=O) groups excluding carboxylic acids is 2. The second-order valence-corrected chi connectivity index (χ2v) is 7.63. The molecule has 2 aromatic carbocycles. The summed E-state index contributed by atoms with van der Waals surface area (Å²) in [5, 5.41) is 3.19. The quantitative estimate of drug-likeness (QED) is 0.832. The van der Waals surface area contributed by atoms with Gasteiger partial charge in [0.1, 0.15) is 6.04 Å². The smallest absolute Gasteiger partial charge is 0.323 e. The van der Waals surface area contributed by atoms with Crippen molar-refractivity contribution in [3.63, 3.8) is 0 Å². The van der Waals surface area contributed by atoms with Gasteiger partial charge in [0.05, 0.1) is 19.7 Å². The number of benzene rings is 2. The summed E-state index contributed by atoms with van der Waals surface area (Å²) in [6, 6.07) is 16.0. The molecule has 0 spiro atoms. The van der Waals surface area contributed by atoms with Gasteiger partial charge in [-0.1, -0.05) is 48.5 Å². The third-order valence-corrected chi connectivity index (χ3v) is 5.87. The number of aryl methyl sites for hydroxylation is 1. The maximum atomic E-state index is 12.9. The van der Waals surface area contributed by atoms with Gasteiger partial charge in [0.15, 0.2) is 0 Å². The van der Waals surface area contributed by atoms with Crippen molar-refractivity contribution in [2.45, 2.75) is 44.3 Å². The Morgan fingerprint density at radius 3 is 2.57 bits per heavy atom. The van der Waals surface area contributed by atoms with Crippen LogP contribution in [0.5, 0.6) is 0 Å². The summed E-state index contributed by atoms with van der Waals surface area (Å²) in [5.74, 6) is -0.333. The number of nitrogens with zero attached hydrogens (tertiary/aromatic N) is 1. The highest BCUT2D eigenvalue weighted by Gasteiger charge is 2.33. The van der Waals surface area contributed by atoms with E-state index in [1.807, 2.05) is 29.2 Å². The zero-order valence-electron chi connectivity index (χ0n) is 16.2. The highest BCUT2D eigenvalue weighted by atomic mass is 16.5. The van der Waals surface area contributed by atoms with Crippen LogP contribution in [-0.2, 0) is 33.7 Å². The Kier molecular flexibility index (Phi) is 5.44. The van der Waals surface area contributed by atoms with Crippen LogP contribution in [-0.4, -0.2) is 36.5 Å². The lowest BCUT2D eigenvalue weighted by Crippen LogP contribution is -2.50. The van der Waals surface area contributed by atoms with Crippen LogP contribution < -0.4 is 5.32 Å². The highest BCUT2D eigenvalue weighted by Crippen LogP contribution is 2.29. The molecular weight excluding hydrogens is 352 g/mol. The maximum absolute atomic E-state index is 12.9. The molecule has 0 aromatic heterocycles. The van der Waals surface area contributed by atoms with Gasteiger partial charge in [0, 0.05) is 6.54 Å². The van der Waals surface area contributed by atoms with E-state index in [4.69, 9.17) is 4.74 Å². The number of ether oxygens (including phenoxy) is 1. The number of amides is 1. The van der Waals surface area contributed by atoms with Gasteiger partial charge >= 0.3 is 5.97 Å². The monoisotopic (exact) mass is 378 g/mol. The number of hydrogen-bond acceptors (Lipinski definition) is 4. The van der Waals surface area contributed by atoms with E-state index < -0.39 is 6.04 Å². The largest absolute Gasteiger partial charge is 0.468 e. The lowest BCUT2D eigenvalue weighted by molar-refractivity contribution is -0.148. The summed E-state index contributed by atoms with van der Waals surface area (Å²) >= 11 is 0. The average Bonchev–Trinajstić information content (AvgIpc) is 2.73. The number of hydrogen-bond donors (Lipinski definition) is 1. The van der Waals surface area contributed by atoms with Gasteiger partial charge in [-0.15, -0.1) is 0 Å². The van der Waals surface area contributed by atoms with Crippen LogP contribution in [0.25, 0.3) is 0 Å². The molecule has 1 N–H and O–H groups in total. The zero-order chi connectivity index (χ0) is 19.5. The van der Waals surface area contributed by atoms with Gasteiger partial charge in [-0.3, -0.25) is 14.5 Å². The summed E-state index contributed by atoms with van der Waals surface area (Å²) in [7, 11) is 1.40. The summed E-state index contributed by atoms with van der Waals surface area (Å²) in [6.45, 7) is 0.761. The first-order chi connectivity index (χ1) is 13.7. The molecule has 1 aliphatic carbocycles. The van der Waals surface area contributed by atoms with E-state index in [-0.39, 0.29) is 24.5 Å². The number of methoxy groups -OCH3 is 1. The van der Waals surface area contributed by atoms with Crippen molar-refractivity contribution >= 4 is 11.9 Å². The molecule has 2 aromatic rings. The molecule has 0 saturated heterocycles. The molecule has 5 heteroatoms. The molecule has 4 rings (SSSR count). The molecule has 0 unspecified atom stereocenters. The Balaban J connectivity index is 1.48. The lowest BCUT2D eigenvalue weighted by atomic mass is 9.87. The van der Waals surface area contributed by atoms with Crippen LogP contribution in [0.2, 0.25) is 0 Å². The van der Waals surface area contributed by atoms with Gasteiger partial charge in [0.25, 0.3) is 0 Å². The molecule has 1 amide bonds. The predicted octanol–water partition coefficient (Wildman–Crippen LogP) is 2.78. The Morgan fingerprint density at radius 2 is 1.79 bits per heavy atom. The molecule has 28 heavy (non-hydrogen) atoms. The first-order valence-corrected chi connectivity index (χ1v) is 9.91. The lowest BCUT2D eigenvalue weighted by Gasteiger charge is -2.35. The van der Waals surface area contributed by atoms with Crippen LogP contribution in [0.3, 0.4) is 0 Å². The molecule has 1 aliphatic heterocycles. The number of carbonyl (C=O) groups is 2. The molecule has 5 nitrogen and oxygen atoms in total. The number of rotatable bonds is 4. The number of fused-ring (bicyclic) bond motifs is 2. The van der Waals surface area contributed by atoms with E-state index in [0.29, 0.717) is 13.0 Å². The minimum atomic E-state index is -0.427. The fourth-order valence-corrected chi connectivity index (χ4v) is 4.44. The molecule has 0 bridgehead atoms. The molecule has 146 valence electrons. The SMILES string of the molecule is COC(=O)[C@H]1Cc2ccccc2CN1CC(=O)N[C@@H]1CCCc2ccccc21. The van der Waals surface area contributed by atoms with E-state index in [0.717, 1.165) is 24.8 Å². The van der Waals surface area contributed by atoms with Crippen molar-refractivity contribution < 1.29 is 14.3 Å². The van der Waals surface area contributed by atoms with Crippen molar-refractivity contribution in [1.29, 1.82) is 0 Å². The van der Waals surface area contributed by atoms with Gasteiger partial charge in [-0.05, 0) is 47.9 Å². The van der Waals surface area contributed by atoms with Crippen molar-refractivity contribution in [1.82, 2.24) is 10.2 Å². The normalized spacial score (nSPS) is 21.3. The first-order valence-electron chi connectivity index (χ1n) is 9.91. The summed E-state index contributed by atoms with van der Waals surface area (Å²) < 4.78 is 5.00. The second kappa shape index (κ2) is 8.15. The number of esters is 1. The number of nitrogens with one attached hydrogen (secondary N) is 1. The van der Waals surface area contributed by atoms with E-state index in [1.165, 1.54) is 23.8 Å². The van der Waals surface area contributed by atoms with E-state index >= 15 is 0 Å². The van der Waals surface area contributed by atoms with E-state index in [2.05, 4.69) is 29.6 Å². The minimum Gasteiger partial charge on any atom is -0.468 e. The molecular formula is C23H26N2O3. The Morgan fingerprint density at radius 1 is 1.07 bits per heavy atom. The van der Waals surface area contributed by atoms with Crippen LogP contribution in [0.1, 0.15) is 41.1 Å². The topological polar surface area (TPSA) is 58.6 Å². The van der Waals surface area contributed by atoms with Gasteiger partial charge in [0.2, 0.25) is 5.91 Å². The van der Waals surface area contributed by atoms with Crippen molar-refractivity contribution in [2.24, 2.45) is 0 Å². The average molecular weight is 378 g/mol. The predicted molar refractivity (Wildman–Crippen MR) is 107 cm³/mol. The van der Waals surface area contributed by atoms with E-state index in [9.17, 15) is 9.59 Å². The first kappa shape index (κ1) is 18.7. The second-order valence-electron chi connectivity index (χ2n) is 7.63. The van der Waals surface area contributed by atoms with Crippen LogP contribution in [0.15, 0.2) is 48.5 Å². The summed E-state index contributed by atoms with van der Waals surface area (Å²) in [5.41, 5.74) is 4.85. The van der Waals surface area contributed by atoms with Crippen molar-refractivity contribution in [3.8, 4) is 0 Å². The van der Waals surface area contributed by atoms with Gasteiger partial charge < -0.3 is 10.1 Å². The maximum Gasteiger partial charge on any atom is 0.323 e. The van der Waals surface area contributed by atoms with Crippen molar-refractivity contribution in [2.75, 3.05) is 13.7 Å². The molecule has 2 atom stereocenters. The summed E-state index contributed by atoms with van der Waals surface area (Å²) in [6.07, 6.45) is 3.66. The van der Waals surface area contributed by atoms with Crippen molar-refractivity contribution in [3.05, 3.63) is 70.8 Å². The zero-order valence-corrected chi connectivity index (χ0v) is 16.2. The minimum absolute atomic E-state index is 0.0463. The molecule has 0 radical (unpaired) electrons. The standard InChI is InChI=1S/C23H26N2O3/c1-28-23(27)21-13-17-8-2-3-9-18(17)14-25(21)15-22(26)24-20-12-6-10-16-7-4-5-11-19(16)20/h2-5,7-9,11,20-21H,6,10,12-15H2,1H3,(H,24,26)/t20-,21-/m1/s1. The Bertz CT molecular complexity index is 880. The molecule has 1 heterocycles. The third kappa shape index (κ3) is 3.80. The van der Waals surface area contributed by atoms with Gasteiger partial charge in [-0.2, -0.15) is 0 Å². The van der Waals surface area contributed by atoms with Crippen LogP contribution in [0, 0.1) is 0 Å².